The number of amides is 1. The maximum absolute atomic E-state index is 13.4. The van der Waals surface area contributed by atoms with Crippen molar-refractivity contribution in [1.82, 2.24) is 9.78 Å². The topological polar surface area (TPSA) is 46.9 Å². The molecule has 0 aliphatic heterocycles. The van der Waals surface area contributed by atoms with Crippen molar-refractivity contribution in [3.8, 4) is 0 Å². The number of halogens is 5. The number of aryl methyl sites for hydroxylation is 1. The molecule has 0 spiro atoms. The van der Waals surface area contributed by atoms with E-state index in [1.807, 2.05) is 0 Å². The Morgan fingerprint density at radius 3 is 2.10 bits per heavy atom. The fraction of sp³-hybridized carbons (Fsp3) is 0.167. The summed E-state index contributed by atoms with van der Waals surface area (Å²) >= 11 is 0. The molecule has 1 amide bonds. The van der Waals surface area contributed by atoms with Crippen molar-refractivity contribution in [1.29, 1.82) is 0 Å². The summed E-state index contributed by atoms with van der Waals surface area (Å²) in [5, 5.41) is 5.95. The SMILES string of the molecule is Cn1ccc(NC(=O)Cc2c(F)c(F)c(F)c(F)c2F)n1. The fourth-order valence-corrected chi connectivity index (χ4v) is 1.63. The number of hydrogen-bond donors (Lipinski definition) is 1. The van der Waals surface area contributed by atoms with E-state index < -0.39 is 47.0 Å². The molecule has 112 valence electrons. The van der Waals surface area contributed by atoms with Gasteiger partial charge in [-0.3, -0.25) is 9.48 Å². The average molecular weight is 305 g/mol. The van der Waals surface area contributed by atoms with Crippen LogP contribution in [0.5, 0.6) is 0 Å². The first-order chi connectivity index (χ1) is 9.81. The first-order valence-electron chi connectivity index (χ1n) is 5.61. The number of benzene rings is 1. The van der Waals surface area contributed by atoms with Gasteiger partial charge in [0.15, 0.2) is 29.1 Å². The second kappa shape index (κ2) is 5.51. The molecule has 0 saturated carbocycles. The Morgan fingerprint density at radius 2 is 1.62 bits per heavy atom. The summed E-state index contributed by atoms with van der Waals surface area (Å²) in [5.41, 5.74) is -1.19. The highest BCUT2D eigenvalue weighted by Crippen LogP contribution is 2.23. The largest absolute Gasteiger partial charge is 0.309 e. The number of nitrogens with one attached hydrogen (secondary N) is 1. The Hall–Kier alpha value is -2.45. The summed E-state index contributed by atoms with van der Waals surface area (Å²) in [5.74, 6) is -11.4. The number of anilines is 1. The molecular weight excluding hydrogens is 297 g/mol. The normalized spacial score (nSPS) is 10.8. The van der Waals surface area contributed by atoms with Crippen LogP contribution in [-0.4, -0.2) is 15.7 Å². The maximum atomic E-state index is 13.4. The predicted octanol–water partition coefficient (Wildman–Crippen LogP) is 2.30. The smallest absolute Gasteiger partial charge is 0.230 e. The molecule has 0 unspecified atom stereocenters. The number of nitrogens with zero attached hydrogens (tertiary/aromatic N) is 2. The van der Waals surface area contributed by atoms with Crippen LogP contribution in [0.1, 0.15) is 5.56 Å². The third kappa shape index (κ3) is 2.86. The molecular formula is C12H8F5N3O. The third-order valence-corrected chi connectivity index (χ3v) is 2.62. The van der Waals surface area contributed by atoms with Crippen LogP contribution in [0.3, 0.4) is 0 Å². The maximum Gasteiger partial charge on any atom is 0.230 e. The van der Waals surface area contributed by atoms with Gasteiger partial charge in [-0.2, -0.15) is 5.10 Å². The summed E-state index contributed by atoms with van der Waals surface area (Å²) in [4.78, 5) is 11.6. The standard InChI is InChI=1S/C12H8F5N3O/c1-20-3-2-6(19-20)18-7(21)4-5-8(13)10(15)12(17)11(16)9(5)14/h2-3H,4H2,1H3,(H,18,19,21). The van der Waals surface area contributed by atoms with Gasteiger partial charge in [0.1, 0.15) is 0 Å². The lowest BCUT2D eigenvalue weighted by molar-refractivity contribution is -0.115. The van der Waals surface area contributed by atoms with Crippen LogP contribution < -0.4 is 5.32 Å². The van der Waals surface area contributed by atoms with E-state index in [1.165, 1.54) is 16.9 Å². The van der Waals surface area contributed by atoms with E-state index in [4.69, 9.17) is 0 Å². The third-order valence-electron chi connectivity index (χ3n) is 2.62. The highest BCUT2D eigenvalue weighted by molar-refractivity contribution is 5.91. The number of carbonyl (C=O) groups excluding carboxylic acids is 1. The molecule has 1 aromatic heterocycles. The summed E-state index contributed by atoms with van der Waals surface area (Å²) in [6.45, 7) is 0. The van der Waals surface area contributed by atoms with Crippen molar-refractivity contribution in [2.75, 3.05) is 5.32 Å². The van der Waals surface area contributed by atoms with Crippen molar-refractivity contribution in [3.05, 3.63) is 46.9 Å². The number of hydrogen-bond acceptors (Lipinski definition) is 2. The molecule has 9 heteroatoms. The lowest BCUT2D eigenvalue weighted by Gasteiger charge is -2.07. The molecule has 0 aliphatic carbocycles. The van der Waals surface area contributed by atoms with Gasteiger partial charge in [0.2, 0.25) is 11.7 Å². The lowest BCUT2D eigenvalue weighted by Crippen LogP contribution is -2.18. The molecule has 21 heavy (non-hydrogen) atoms. The van der Waals surface area contributed by atoms with E-state index in [2.05, 4.69) is 10.4 Å². The molecule has 2 aromatic rings. The van der Waals surface area contributed by atoms with Crippen LogP contribution in [-0.2, 0) is 18.3 Å². The fourth-order valence-electron chi connectivity index (χ4n) is 1.63. The summed E-state index contributed by atoms with van der Waals surface area (Å²) in [6.07, 6.45) is 0.483. The number of carbonyl (C=O) groups is 1. The van der Waals surface area contributed by atoms with Crippen LogP contribution in [0.25, 0.3) is 0 Å². The first-order valence-corrected chi connectivity index (χ1v) is 5.61. The van der Waals surface area contributed by atoms with Crippen molar-refractivity contribution in [2.24, 2.45) is 7.05 Å². The zero-order valence-corrected chi connectivity index (χ0v) is 10.6. The van der Waals surface area contributed by atoms with Crippen LogP contribution in [0.15, 0.2) is 12.3 Å². The van der Waals surface area contributed by atoms with Crippen molar-refractivity contribution in [2.45, 2.75) is 6.42 Å². The zero-order chi connectivity index (χ0) is 15.7. The summed E-state index contributed by atoms with van der Waals surface area (Å²) < 4.78 is 66.9. The molecule has 4 nitrogen and oxygen atoms in total. The minimum Gasteiger partial charge on any atom is -0.309 e. The van der Waals surface area contributed by atoms with Crippen LogP contribution >= 0.6 is 0 Å². The lowest BCUT2D eigenvalue weighted by atomic mass is 10.1. The van der Waals surface area contributed by atoms with E-state index in [9.17, 15) is 26.7 Å². The van der Waals surface area contributed by atoms with Crippen LogP contribution in [0, 0.1) is 29.1 Å². The van der Waals surface area contributed by atoms with E-state index in [0.29, 0.717) is 0 Å². The second-order valence-corrected chi connectivity index (χ2v) is 4.15. The van der Waals surface area contributed by atoms with Gasteiger partial charge in [-0.25, -0.2) is 22.0 Å². The van der Waals surface area contributed by atoms with Gasteiger partial charge >= 0.3 is 0 Å². The average Bonchev–Trinajstić information content (AvgIpc) is 2.84. The van der Waals surface area contributed by atoms with Crippen molar-refractivity contribution >= 4 is 11.7 Å². The highest BCUT2D eigenvalue weighted by atomic mass is 19.2. The van der Waals surface area contributed by atoms with Crippen molar-refractivity contribution in [3.63, 3.8) is 0 Å². The number of rotatable bonds is 3. The Kier molecular flexibility index (Phi) is 3.92. The summed E-state index contributed by atoms with van der Waals surface area (Å²) in [7, 11) is 1.57. The van der Waals surface area contributed by atoms with Gasteiger partial charge in [-0.1, -0.05) is 0 Å². The van der Waals surface area contributed by atoms with Gasteiger partial charge in [0.05, 0.1) is 6.42 Å². The van der Waals surface area contributed by atoms with Gasteiger partial charge in [0, 0.05) is 24.9 Å². The Labute approximate surface area is 115 Å². The Morgan fingerprint density at radius 1 is 1.10 bits per heavy atom. The molecule has 1 N–H and O–H groups in total. The highest BCUT2D eigenvalue weighted by Gasteiger charge is 2.26. The quantitative estimate of drug-likeness (QED) is 0.537. The predicted molar refractivity (Wildman–Crippen MR) is 61.8 cm³/mol. The van der Waals surface area contributed by atoms with E-state index >= 15 is 0 Å². The zero-order valence-electron chi connectivity index (χ0n) is 10.6. The van der Waals surface area contributed by atoms with Crippen LogP contribution in [0.4, 0.5) is 27.8 Å². The first kappa shape index (κ1) is 14.9. The Balaban J connectivity index is 2.25. The molecule has 0 aliphatic rings. The molecule has 0 fully saturated rings. The van der Waals surface area contributed by atoms with Gasteiger partial charge < -0.3 is 5.32 Å². The van der Waals surface area contributed by atoms with Gasteiger partial charge in [0.25, 0.3) is 0 Å². The molecule has 0 atom stereocenters. The van der Waals surface area contributed by atoms with Gasteiger partial charge in [-0.15, -0.1) is 0 Å². The van der Waals surface area contributed by atoms with Crippen LogP contribution in [0.2, 0.25) is 0 Å². The molecule has 0 radical (unpaired) electrons. The monoisotopic (exact) mass is 305 g/mol. The molecule has 2 rings (SSSR count). The number of aromatic nitrogens is 2. The minimum absolute atomic E-state index is 0.0892. The molecule has 1 aromatic carbocycles. The van der Waals surface area contributed by atoms with Gasteiger partial charge in [-0.05, 0) is 0 Å². The van der Waals surface area contributed by atoms with E-state index in [-0.39, 0.29) is 5.82 Å². The Bertz CT molecular complexity index is 684. The van der Waals surface area contributed by atoms with E-state index in [1.54, 1.807) is 7.05 Å². The summed E-state index contributed by atoms with van der Waals surface area (Å²) in [6, 6.07) is 1.40. The molecule has 0 bridgehead atoms. The van der Waals surface area contributed by atoms with Crippen molar-refractivity contribution < 1.29 is 26.7 Å². The minimum atomic E-state index is -2.26. The van der Waals surface area contributed by atoms with E-state index in [0.717, 1.165) is 0 Å². The molecule has 1 heterocycles. The second-order valence-electron chi connectivity index (χ2n) is 4.15. The molecule has 0 saturated heterocycles.